The molecule has 1 N–H and O–H groups in total. The van der Waals surface area contributed by atoms with E-state index >= 15 is 0 Å². The van der Waals surface area contributed by atoms with Gasteiger partial charge in [0.15, 0.2) is 0 Å². The monoisotopic (exact) mass is 178 g/mol. The molecule has 0 aliphatic carbocycles. The van der Waals surface area contributed by atoms with Gasteiger partial charge in [0.1, 0.15) is 0 Å². The van der Waals surface area contributed by atoms with Crippen LogP contribution in [0, 0.1) is 6.92 Å². The van der Waals surface area contributed by atoms with Crippen LogP contribution in [0.15, 0.2) is 18.2 Å². The van der Waals surface area contributed by atoms with Crippen LogP contribution in [-0.2, 0) is 0 Å². The number of nitrogens with one attached hydrogen (secondary N) is 1. The van der Waals surface area contributed by atoms with Gasteiger partial charge in [0.25, 0.3) is 0 Å². The van der Waals surface area contributed by atoms with Gasteiger partial charge in [-0.3, -0.25) is 4.98 Å². The third kappa shape index (κ3) is 3.15. The van der Waals surface area contributed by atoms with Crippen molar-refractivity contribution in [1.29, 1.82) is 0 Å². The Morgan fingerprint density at radius 1 is 1.23 bits per heavy atom. The van der Waals surface area contributed by atoms with Crippen LogP contribution in [0.1, 0.15) is 38.2 Å². The minimum atomic E-state index is 0.333. The zero-order chi connectivity index (χ0) is 9.84. The highest BCUT2D eigenvalue weighted by Gasteiger charge is 2.06. The summed E-state index contributed by atoms with van der Waals surface area (Å²) in [5.41, 5.74) is 2.20. The molecular formula is C11H18N2. The molecule has 1 unspecified atom stereocenters. The van der Waals surface area contributed by atoms with Crippen LogP contribution < -0.4 is 5.32 Å². The summed E-state index contributed by atoms with van der Waals surface area (Å²) in [6, 6.07) is 6.96. The Morgan fingerprint density at radius 2 is 1.92 bits per heavy atom. The lowest BCUT2D eigenvalue weighted by Crippen LogP contribution is -2.26. The summed E-state index contributed by atoms with van der Waals surface area (Å²) in [6.07, 6.45) is 0. The SMILES string of the molecule is Cc1cccc(C(C)NC(C)C)n1. The van der Waals surface area contributed by atoms with Crippen molar-refractivity contribution in [3.8, 4) is 0 Å². The van der Waals surface area contributed by atoms with Crippen molar-refractivity contribution in [3.63, 3.8) is 0 Å². The maximum absolute atomic E-state index is 4.46. The predicted molar refractivity (Wildman–Crippen MR) is 55.7 cm³/mol. The molecule has 1 atom stereocenters. The maximum atomic E-state index is 4.46. The van der Waals surface area contributed by atoms with Gasteiger partial charge >= 0.3 is 0 Å². The summed E-state index contributed by atoms with van der Waals surface area (Å²) >= 11 is 0. The Kier molecular flexibility index (Phi) is 3.43. The predicted octanol–water partition coefficient (Wildman–Crippen LogP) is 2.45. The largest absolute Gasteiger partial charge is 0.307 e. The summed E-state index contributed by atoms with van der Waals surface area (Å²) in [6.45, 7) is 8.45. The first kappa shape index (κ1) is 10.2. The van der Waals surface area contributed by atoms with E-state index in [1.54, 1.807) is 0 Å². The van der Waals surface area contributed by atoms with Crippen LogP contribution in [0.25, 0.3) is 0 Å². The van der Waals surface area contributed by atoms with E-state index in [4.69, 9.17) is 0 Å². The number of hydrogen-bond donors (Lipinski definition) is 1. The standard InChI is InChI=1S/C11H18N2/c1-8(2)12-10(4)11-7-5-6-9(3)13-11/h5-8,10,12H,1-4H3. The zero-order valence-corrected chi connectivity index (χ0v) is 8.83. The summed E-state index contributed by atoms with van der Waals surface area (Å²) in [7, 11) is 0. The van der Waals surface area contributed by atoms with E-state index in [-0.39, 0.29) is 0 Å². The van der Waals surface area contributed by atoms with Gasteiger partial charge in [0.2, 0.25) is 0 Å². The molecule has 0 spiro atoms. The fraction of sp³-hybridized carbons (Fsp3) is 0.545. The summed E-state index contributed by atoms with van der Waals surface area (Å²) in [5.74, 6) is 0. The highest BCUT2D eigenvalue weighted by atomic mass is 15.0. The second kappa shape index (κ2) is 4.38. The van der Waals surface area contributed by atoms with Crippen LogP contribution >= 0.6 is 0 Å². The highest BCUT2D eigenvalue weighted by molar-refractivity contribution is 5.12. The lowest BCUT2D eigenvalue weighted by Gasteiger charge is -2.16. The van der Waals surface area contributed by atoms with Gasteiger partial charge in [0.05, 0.1) is 5.69 Å². The third-order valence-corrected chi connectivity index (χ3v) is 1.94. The first-order valence-corrected chi connectivity index (χ1v) is 4.79. The molecule has 0 bridgehead atoms. The molecule has 0 aromatic carbocycles. The minimum absolute atomic E-state index is 0.333. The van der Waals surface area contributed by atoms with E-state index in [2.05, 4.69) is 43.2 Å². The molecule has 72 valence electrons. The third-order valence-electron chi connectivity index (χ3n) is 1.94. The molecule has 0 saturated heterocycles. The van der Waals surface area contributed by atoms with Crippen LogP contribution in [0.5, 0.6) is 0 Å². The van der Waals surface area contributed by atoms with Crippen LogP contribution in [0.3, 0.4) is 0 Å². The smallest absolute Gasteiger partial charge is 0.0573 e. The van der Waals surface area contributed by atoms with Crippen LogP contribution in [-0.4, -0.2) is 11.0 Å². The molecule has 1 aromatic rings. The van der Waals surface area contributed by atoms with Gasteiger partial charge in [-0.25, -0.2) is 0 Å². The molecule has 0 aliphatic heterocycles. The molecule has 2 nitrogen and oxygen atoms in total. The summed E-state index contributed by atoms with van der Waals surface area (Å²) in [5, 5.41) is 3.42. The maximum Gasteiger partial charge on any atom is 0.0573 e. The van der Waals surface area contributed by atoms with Crippen molar-refractivity contribution in [1.82, 2.24) is 10.3 Å². The van der Waals surface area contributed by atoms with Crippen molar-refractivity contribution >= 4 is 0 Å². The second-order valence-electron chi connectivity index (χ2n) is 3.75. The molecule has 0 radical (unpaired) electrons. The van der Waals surface area contributed by atoms with E-state index in [1.165, 1.54) is 0 Å². The zero-order valence-electron chi connectivity index (χ0n) is 8.83. The summed E-state index contributed by atoms with van der Waals surface area (Å²) < 4.78 is 0. The normalized spacial score (nSPS) is 13.3. The Labute approximate surface area is 80.4 Å². The fourth-order valence-electron chi connectivity index (χ4n) is 1.39. The molecular weight excluding hydrogens is 160 g/mol. The fourth-order valence-corrected chi connectivity index (χ4v) is 1.39. The van der Waals surface area contributed by atoms with Crippen molar-refractivity contribution in [2.75, 3.05) is 0 Å². The first-order chi connectivity index (χ1) is 6.09. The molecule has 1 aromatic heterocycles. The number of aryl methyl sites for hydroxylation is 1. The van der Waals surface area contributed by atoms with E-state index < -0.39 is 0 Å². The van der Waals surface area contributed by atoms with Crippen LogP contribution in [0.4, 0.5) is 0 Å². The first-order valence-electron chi connectivity index (χ1n) is 4.79. The number of nitrogens with zero attached hydrogens (tertiary/aromatic N) is 1. The molecule has 1 heterocycles. The van der Waals surface area contributed by atoms with Gasteiger partial charge in [0, 0.05) is 17.8 Å². The Bertz CT molecular complexity index is 269. The molecule has 2 heteroatoms. The van der Waals surface area contributed by atoms with E-state index in [9.17, 15) is 0 Å². The Morgan fingerprint density at radius 3 is 2.46 bits per heavy atom. The number of rotatable bonds is 3. The lowest BCUT2D eigenvalue weighted by atomic mass is 10.2. The molecule has 13 heavy (non-hydrogen) atoms. The van der Waals surface area contributed by atoms with Gasteiger partial charge in [-0.15, -0.1) is 0 Å². The number of aromatic nitrogens is 1. The quantitative estimate of drug-likeness (QED) is 0.769. The topological polar surface area (TPSA) is 24.9 Å². The molecule has 0 aliphatic rings. The Balaban J connectivity index is 2.71. The molecule has 0 saturated carbocycles. The average Bonchev–Trinajstić information content (AvgIpc) is 2.03. The summed E-state index contributed by atoms with van der Waals surface area (Å²) in [4.78, 5) is 4.46. The van der Waals surface area contributed by atoms with Gasteiger partial charge in [-0.05, 0) is 26.0 Å². The van der Waals surface area contributed by atoms with Crippen LogP contribution in [0.2, 0.25) is 0 Å². The van der Waals surface area contributed by atoms with Crippen molar-refractivity contribution in [2.24, 2.45) is 0 Å². The van der Waals surface area contributed by atoms with E-state index in [0.717, 1.165) is 11.4 Å². The number of pyridine rings is 1. The lowest BCUT2D eigenvalue weighted by molar-refractivity contribution is 0.497. The van der Waals surface area contributed by atoms with Gasteiger partial charge < -0.3 is 5.32 Å². The molecule has 1 rings (SSSR count). The molecule has 0 amide bonds. The van der Waals surface area contributed by atoms with E-state index in [0.29, 0.717) is 12.1 Å². The van der Waals surface area contributed by atoms with Gasteiger partial charge in [-0.1, -0.05) is 19.9 Å². The molecule has 0 fully saturated rings. The second-order valence-corrected chi connectivity index (χ2v) is 3.75. The minimum Gasteiger partial charge on any atom is -0.307 e. The average molecular weight is 178 g/mol. The van der Waals surface area contributed by atoms with Gasteiger partial charge in [-0.2, -0.15) is 0 Å². The van der Waals surface area contributed by atoms with Crippen molar-refractivity contribution < 1.29 is 0 Å². The number of hydrogen-bond acceptors (Lipinski definition) is 2. The van der Waals surface area contributed by atoms with Crippen molar-refractivity contribution in [2.45, 2.75) is 39.8 Å². The Hall–Kier alpha value is -0.890. The van der Waals surface area contributed by atoms with Crippen molar-refractivity contribution in [3.05, 3.63) is 29.6 Å². The van der Waals surface area contributed by atoms with E-state index in [1.807, 2.05) is 13.0 Å². The highest BCUT2D eigenvalue weighted by Crippen LogP contribution is 2.10.